The van der Waals surface area contributed by atoms with Crippen molar-refractivity contribution in [1.82, 2.24) is 20.2 Å². The van der Waals surface area contributed by atoms with Gasteiger partial charge in [-0.2, -0.15) is 0 Å². The molecular weight excluding hydrogens is 446 g/mol. The van der Waals surface area contributed by atoms with E-state index in [4.69, 9.17) is 11.6 Å². The second-order valence-corrected chi connectivity index (χ2v) is 11.0. The fraction of sp³-hybridized carbons (Fsp3) is 0.609. The minimum Gasteiger partial charge on any atom is -0.387 e. The van der Waals surface area contributed by atoms with Gasteiger partial charge in [0.2, 0.25) is 5.91 Å². The number of thiophene rings is 1. The molecule has 3 aliphatic rings. The molecule has 1 aliphatic heterocycles. The first-order valence-electron chi connectivity index (χ1n) is 11.5. The Morgan fingerprint density at radius 1 is 1.28 bits per heavy atom. The lowest BCUT2D eigenvalue weighted by atomic mass is 10.0. The van der Waals surface area contributed by atoms with E-state index >= 15 is 0 Å². The molecule has 1 saturated carbocycles. The number of anilines is 1. The number of fused-ring (bicyclic) bond motifs is 1. The highest BCUT2D eigenvalue weighted by Crippen LogP contribution is 2.43. The summed E-state index contributed by atoms with van der Waals surface area (Å²) in [6.07, 6.45) is 4.32. The van der Waals surface area contributed by atoms with Crippen LogP contribution in [0.2, 0.25) is 4.34 Å². The molecule has 2 aromatic heterocycles. The van der Waals surface area contributed by atoms with Crippen molar-refractivity contribution in [3.8, 4) is 0 Å². The predicted octanol–water partition coefficient (Wildman–Crippen LogP) is 3.16. The van der Waals surface area contributed by atoms with Crippen LogP contribution in [0.15, 0.2) is 18.5 Å². The summed E-state index contributed by atoms with van der Waals surface area (Å²) >= 11 is 7.68. The van der Waals surface area contributed by atoms with Gasteiger partial charge in [-0.05, 0) is 49.8 Å². The van der Waals surface area contributed by atoms with Crippen LogP contribution < -0.4 is 10.2 Å². The Morgan fingerprint density at radius 2 is 2.06 bits per heavy atom. The Bertz CT molecular complexity index is 973. The van der Waals surface area contributed by atoms with Crippen LogP contribution in [0, 0.1) is 5.92 Å². The predicted molar refractivity (Wildman–Crippen MR) is 126 cm³/mol. The number of aliphatic hydroxyl groups is 1. The monoisotopic (exact) mass is 475 g/mol. The second kappa shape index (κ2) is 9.25. The standard InChI is InChI=1S/C23H30ClN5O2S/c1-14-10-17(30)21-20(14)22(27-13-26-21)28-6-8-29(9-7-28)23(31)16(12-25-11-15-2-3-15)18-4-5-19(24)32-18/h4-5,13-17,25,30H,2-3,6-12H2,1H3/t14?,16-,17+/m1/s1. The van der Waals surface area contributed by atoms with Gasteiger partial charge in [-0.25, -0.2) is 9.97 Å². The highest BCUT2D eigenvalue weighted by molar-refractivity contribution is 7.16. The Morgan fingerprint density at radius 3 is 2.75 bits per heavy atom. The van der Waals surface area contributed by atoms with Gasteiger partial charge in [0.05, 0.1) is 22.1 Å². The number of aliphatic hydroxyl groups excluding tert-OH is 1. The van der Waals surface area contributed by atoms with E-state index in [-0.39, 0.29) is 17.7 Å². The first kappa shape index (κ1) is 22.1. The molecule has 2 N–H and O–H groups in total. The summed E-state index contributed by atoms with van der Waals surface area (Å²) in [6.45, 7) is 6.53. The third-order valence-corrected chi connectivity index (χ3v) is 8.23. The number of hydrogen-bond acceptors (Lipinski definition) is 7. The van der Waals surface area contributed by atoms with Gasteiger partial charge in [-0.15, -0.1) is 11.3 Å². The molecule has 3 heterocycles. The zero-order valence-electron chi connectivity index (χ0n) is 18.3. The summed E-state index contributed by atoms with van der Waals surface area (Å²) in [5, 5.41) is 13.8. The van der Waals surface area contributed by atoms with Crippen molar-refractivity contribution >= 4 is 34.7 Å². The number of carbonyl (C=O) groups excluding carboxylic acids is 1. The van der Waals surface area contributed by atoms with Crippen molar-refractivity contribution in [2.45, 2.75) is 44.1 Å². The Kier molecular flexibility index (Phi) is 6.38. The molecule has 3 atom stereocenters. The average Bonchev–Trinajstić information content (AvgIpc) is 3.46. The zero-order valence-corrected chi connectivity index (χ0v) is 19.9. The molecule has 32 heavy (non-hydrogen) atoms. The summed E-state index contributed by atoms with van der Waals surface area (Å²) in [4.78, 5) is 27.6. The number of aromatic nitrogens is 2. The van der Waals surface area contributed by atoms with Crippen molar-refractivity contribution in [3.63, 3.8) is 0 Å². The summed E-state index contributed by atoms with van der Waals surface area (Å²) in [6, 6.07) is 3.87. The van der Waals surface area contributed by atoms with Crippen LogP contribution in [0.4, 0.5) is 5.82 Å². The molecule has 5 rings (SSSR count). The fourth-order valence-corrected chi connectivity index (χ4v) is 6.05. The van der Waals surface area contributed by atoms with E-state index < -0.39 is 6.10 Å². The number of halogens is 1. The van der Waals surface area contributed by atoms with Crippen molar-refractivity contribution < 1.29 is 9.90 Å². The first-order chi connectivity index (χ1) is 15.5. The number of hydrogen-bond donors (Lipinski definition) is 2. The van der Waals surface area contributed by atoms with Crippen LogP contribution in [0.3, 0.4) is 0 Å². The number of amides is 1. The van der Waals surface area contributed by atoms with E-state index in [0.29, 0.717) is 26.1 Å². The SMILES string of the molecule is CC1C[C@H](O)c2ncnc(N3CCN(C(=O)[C@H](CNCC4CC4)c4ccc(Cl)s4)CC3)c21. The van der Waals surface area contributed by atoms with Crippen LogP contribution in [0.5, 0.6) is 0 Å². The fourth-order valence-electron chi connectivity index (χ4n) is 4.89. The Labute approximate surface area is 197 Å². The maximum absolute atomic E-state index is 13.5. The van der Waals surface area contributed by atoms with E-state index in [2.05, 4.69) is 27.1 Å². The number of carbonyl (C=O) groups is 1. The van der Waals surface area contributed by atoms with Crippen LogP contribution in [0.25, 0.3) is 0 Å². The highest BCUT2D eigenvalue weighted by Gasteiger charge is 2.35. The average molecular weight is 476 g/mol. The topological polar surface area (TPSA) is 81.6 Å². The van der Waals surface area contributed by atoms with Crippen LogP contribution in [-0.4, -0.2) is 65.2 Å². The number of piperazine rings is 1. The zero-order chi connectivity index (χ0) is 22.2. The molecule has 2 aromatic rings. The van der Waals surface area contributed by atoms with Crippen molar-refractivity contribution in [2.75, 3.05) is 44.2 Å². The molecule has 9 heteroatoms. The second-order valence-electron chi connectivity index (χ2n) is 9.26. The Balaban J connectivity index is 1.26. The molecule has 7 nitrogen and oxygen atoms in total. The molecule has 172 valence electrons. The first-order valence-corrected chi connectivity index (χ1v) is 12.7. The van der Waals surface area contributed by atoms with Crippen LogP contribution in [-0.2, 0) is 4.79 Å². The van der Waals surface area contributed by atoms with Gasteiger partial charge in [0.1, 0.15) is 12.1 Å². The molecule has 1 amide bonds. The molecule has 1 saturated heterocycles. The minimum absolute atomic E-state index is 0.170. The van der Waals surface area contributed by atoms with Gasteiger partial charge in [0.25, 0.3) is 0 Å². The van der Waals surface area contributed by atoms with E-state index in [0.717, 1.165) is 51.8 Å². The van der Waals surface area contributed by atoms with Gasteiger partial charge >= 0.3 is 0 Å². The molecule has 2 aliphatic carbocycles. The van der Waals surface area contributed by atoms with Crippen LogP contribution in [0.1, 0.15) is 60.3 Å². The van der Waals surface area contributed by atoms with Gasteiger partial charge in [-0.1, -0.05) is 18.5 Å². The largest absolute Gasteiger partial charge is 0.387 e. The quantitative estimate of drug-likeness (QED) is 0.640. The van der Waals surface area contributed by atoms with Gasteiger partial charge in [0, 0.05) is 43.2 Å². The van der Waals surface area contributed by atoms with Crippen molar-refractivity contribution in [2.24, 2.45) is 5.92 Å². The number of rotatable bonds is 7. The number of nitrogens with zero attached hydrogens (tertiary/aromatic N) is 4. The van der Waals surface area contributed by atoms with E-state index in [1.165, 1.54) is 24.2 Å². The summed E-state index contributed by atoms with van der Waals surface area (Å²) in [7, 11) is 0. The van der Waals surface area contributed by atoms with Crippen molar-refractivity contribution in [3.05, 3.63) is 38.9 Å². The lowest BCUT2D eigenvalue weighted by molar-refractivity contribution is -0.133. The number of nitrogens with one attached hydrogen (secondary N) is 1. The minimum atomic E-state index is -0.508. The summed E-state index contributed by atoms with van der Waals surface area (Å²) in [5.41, 5.74) is 1.83. The Hall–Kier alpha value is -1.74. The van der Waals surface area contributed by atoms with E-state index in [1.54, 1.807) is 6.33 Å². The van der Waals surface area contributed by atoms with Gasteiger partial charge < -0.3 is 20.2 Å². The van der Waals surface area contributed by atoms with E-state index in [1.807, 2.05) is 17.0 Å². The smallest absolute Gasteiger partial charge is 0.232 e. The van der Waals surface area contributed by atoms with Gasteiger partial charge in [-0.3, -0.25) is 4.79 Å². The lowest BCUT2D eigenvalue weighted by Crippen LogP contribution is -2.51. The third-order valence-electron chi connectivity index (χ3n) is 6.88. The lowest BCUT2D eigenvalue weighted by Gasteiger charge is -2.37. The van der Waals surface area contributed by atoms with Crippen LogP contribution >= 0.6 is 22.9 Å². The maximum atomic E-state index is 13.5. The molecule has 0 radical (unpaired) electrons. The molecule has 0 spiro atoms. The van der Waals surface area contributed by atoms with Crippen molar-refractivity contribution in [1.29, 1.82) is 0 Å². The molecule has 0 bridgehead atoms. The normalized spacial score (nSPS) is 24.0. The molecule has 2 fully saturated rings. The maximum Gasteiger partial charge on any atom is 0.232 e. The van der Waals surface area contributed by atoms with E-state index in [9.17, 15) is 9.90 Å². The third kappa shape index (κ3) is 4.51. The molecule has 1 unspecified atom stereocenters. The molecular formula is C23H30ClN5O2S. The summed E-state index contributed by atoms with van der Waals surface area (Å²) in [5.74, 6) is 1.90. The summed E-state index contributed by atoms with van der Waals surface area (Å²) < 4.78 is 0.721. The molecule has 0 aromatic carbocycles. The van der Waals surface area contributed by atoms with Gasteiger partial charge in [0.15, 0.2) is 0 Å². The highest BCUT2D eigenvalue weighted by atomic mass is 35.5.